The lowest BCUT2D eigenvalue weighted by Gasteiger charge is -2.24. The molecule has 2 heterocycles. The summed E-state index contributed by atoms with van der Waals surface area (Å²) in [5.74, 6) is -1.12. The molecule has 2 bridgehead atoms. The Kier molecular flexibility index (Phi) is 3.76. The van der Waals surface area contributed by atoms with Crippen molar-refractivity contribution in [1.82, 2.24) is 4.98 Å². The lowest BCUT2D eigenvalue weighted by atomic mass is 10.0. The molecule has 0 radical (unpaired) electrons. The maximum atomic E-state index is 12.3. The van der Waals surface area contributed by atoms with E-state index >= 15 is 0 Å². The van der Waals surface area contributed by atoms with Gasteiger partial charge in [0.25, 0.3) is 5.56 Å². The van der Waals surface area contributed by atoms with E-state index in [1.54, 1.807) is 0 Å². The minimum absolute atomic E-state index is 0.00807. The number of fused-ring (bicyclic) bond motifs is 2. The van der Waals surface area contributed by atoms with Gasteiger partial charge in [0.2, 0.25) is 5.91 Å². The number of aromatic carboxylic acids is 1. The number of carbonyl (C=O) groups is 2. The number of aryl methyl sites for hydroxylation is 1. The molecule has 0 saturated carbocycles. The van der Waals surface area contributed by atoms with Gasteiger partial charge in [-0.05, 0) is 42.2 Å². The Balaban J connectivity index is 1.71. The largest absolute Gasteiger partial charge is 0.477 e. The quantitative estimate of drug-likeness (QED) is 0.829. The Labute approximate surface area is 149 Å². The third kappa shape index (κ3) is 2.45. The number of aromatic nitrogens is 1. The fourth-order valence-corrected chi connectivity index (χ4v) is 3.77. The summed E-state index contributed by atoms with van der Waals surface area (Å²) in [7, 11) is 0. The first-order valence-electron chi connectivity index (χ1n) is 8.61. The van der Waals surface area contributed by atoms with Crippen LogP contribution in [-0.4, -0.2) is 28.0 Å². The minimum Gasteiger partial charge on any atom is -0.477 e. The highest BCUT2D eigenvalue weighted by Gasteiger charge is 2.41. The van der Waals surface area contributed by atoms with Crippen molar-refractivity contribution in [2.45, 2.75) is 25.8 Å². The first-order valence-corrected chi connectivity index (χ1v) is 8.61. The van der Waals surface area contributed by atoms with Gasteiger partial charge in [0.1, 0.15) is 5.56 Å². The molecule has 1 fully saturated rings. The Morgan fingerprint density at radius 2 is 1.96 bits per heavy atom. The number of amides is 1. The van der Waals surface area contributed by atoms with Crippen molar-refractivity contribution in [2.24, 2.45) is 5.92 Å². The second-order valence-corrected chi connectivity index (χ2v) is 6.62. The zero-order valence-corrected chi connectivity index (χ0v) is 14.2. The summed E-state index contributed by atoms with van der Waals surface area (Å²) in [6.45, 7) is 1.91. The number of carboxylic acid groups (broad SMARTS) is 1. The fraction of sp³-hybridized carbons (Fsp3) is 0.250. The highest BCUT2D eigenvalue weighted by Crippen LogP contribution is 2.37. The molecule has 1 aromatic heterocycles. The molecule has 2 aliphatic rings. The van der Waals surface area contributed by atoms with Crippen LogP contribution in [0.3, 0.4) is 0 Å². The molecule has 2 unspecified atom stereocenters. The first-order chi connectivity index (χ1) is 12.5. The number of nitrogens with one attached hydrogen (secondary N) is 1. The van der Waals surface area contributed by atoms with Crippen LogP contribution in [0.1, 0.15) is 29.3 Å². The van der Waals surface area contributed by atoms with Gasteiger partial charge in [-0.2, -0.15) is 0 Å². The maximum absolute atomic E-state index is 12.3. The summed E-state index contributed by atoms with van der Waals surface area (Å²) in [6.07, 6.45) is 5.47. The zero-order valence-electron chi connectivity index (χ0n) is 14.2. The Morgan fingerprint density at radius 1 is 1.23 bits per heavy atom. The number of anilines is 1. The van der Waals surface area contributed by atoms with Gasteiger partial charge in [-0.25, -0.2) is 4.79 Å². The summed E-state index contributed by atoms with van der Waals surface area (Å²) in [6, 6.07) is 8.99. The SMILES string of the molecule is CCc1cc(C(=O)O)c(=O)[nH]c1-c1ccc(N2C(=O)C3C=CC2C3)cc1. The standard InChI is InChI=1S/C20H18N2O4/c1-2-11-10-16(20(25)26)18(23)21-17(11)12-3-6-14(7-4-12)22-15-8-5-13(9-15)19(22)24/h3-8,10,13,15H,2,9H2,1H3,(H,21,23)(H,25,26). The van der Waals surface area contributed by atoms with Gasteiger partial charge in [-0.15, -0.1) is 0 Å². The number of hydrogen-bond donors (Lipinski definition) is 2. The van der Waals surface area contributed by atoms with Crippen molar-refractivity contribution in [1.29, 1.82) is 0 Å². The molecule has 6 nitrogen and oxygen atoms in total. The van der Waals surface area contributed by atoms with Crippen molar-refractivity contribution in [3.05, 3.63) is 64.0 Å². The van der Waals surface area contributed by atoms with E-state index in [9.17, 15) is 14.4 Å². The summed E-state index contributed by atoms with van der Waals surface area (Å²) < 4.78 is 0. The van der Waals surface area contributed by atoms with Crippen LogP contribution in [0.25, 0.3) is 11.3 Å². The third-order valence-corrected chi connectivity index (χ3v) is 5.12. The zero-order chi connectivity index (χ0) is 18.4. The van der Waals surface area contributed by atoms with E-state index in [0.717, 1.165) is 23.2 Å². The van der Waals surface area contributed by atoms with Crippen molar-refractivity contribution in [2.75, 3.05) is 4.90 Å². The number of H-pyrrole nitrogens is 1. The van der Waals surface area contributed by atoms with Crippen LogP contribution in [0, 0.1) is 5.92 Å². The molecule has 2 aromatic rings. The molecule has 2 atom stereocenters. The van der Waals surface area contributed by atoms with Gasteiger partial charge < -0.3 is 15.0 Å². The number of carbonyl (C=O) groups excluding carboxylic acids is 1. The second-order valence-electron chi connectivity index (χ2n) is 6.62. The number of pyridine rings is 1. The van der Waals surface area contributed by atoms with E-state index in [0.29, 0.717) is 12.1 Å². The molecule has 1 aliphatic carbocycles. The molecular formula is C20H18N2O4. The molecule has 26 heavy (non-hydrogen) atoms. The van der Waals surface area contributed by atoms with Gasteiger partial charge in [-0.1, -0.05) is 31.2 Å². The van der Waals surface area contributed by atoms with Gasteiger partial charge >= 0.3 is 5.97 Å². The molecule has 1 aromatic carbocycles. The smallest absolute Gasteiger partial charge is 0.341 e. The van der Waals surface area contributed by atoms with E-state index in [1.807, 2.05) is 42.2 Å². The molecule has 1 aliphatic heterocycles. The average molecular weight is 350 g/mol. The van der Waals surface area contributed by atoms with Crippen molar-refractivity contribution in [3.8, 4) is 11.3 Å². The topological polar surface area (TPSA) is 90.5 Å². The van der Waals surface area contributed by atoms with Gasteiger partial charge in [0, 0.05) is 5.69 Å². The molecule has 6 heteroatoms. The van der Waals surface area contributed by atoms with Crippen LogP contribution in [-0.2, 0) is 11.2 Å². The average Bonchev–Trinajstić information content (AvgIpc) is 3.22. The summed E-state index contributed by atoms with van der Waals surface area (Å²) in [4.78, 5) is 40.0. The van der Waals surface area contributed by atoms with Gasteiger partial charge in [0.05, 0.1) is 17.7 Å². The monoisotopic (exact) mass is 350 g/mol. The summed E-state index contributed by atoms with van der Waals surface area (Å²) in [5, 5.41) is 9.12. The Morgan fingerprint density at radius 3 is 2.54 bits per heavy atom. The van der Waals surface area contributed by atoms with E-state index in [-0.39, 0.29) is 23.4 Å². The van der Waals surface area contributed by atoms with E-state index < -0.39 is 11.5 Å². The first kappa shape index (κ1) is 16.3. The minimum atomic E-state index is -1.24. The van der Waals surface area contributed by atoms with Crippen LogP contribution >= 0.6 is 0 Å². The van der Waals surface area contributed by atoms with E-state index in [4.69, 9.17) is 5.11 Å². The molecule has 4 rings (SSSR count). The molecule has 132 valence electrons. The molecular weight excluding hydrogens is 332 g/mol. The van der Waals surface area contributed by atoms with Crippen molar-refractivity contribution in [3.63, 3.8) is 0 Å². The fourth-order valence-electron chi connectivity index (χ4n) is 3.77. The van der Waals surface area contributed by atoms with Crippen LogP contribution in [0.15, 0.2) is 47.3 Å². The molecule has 2 N–H and O–H groups in total. The molecule has 1 amide bonds. The van der Waals surface area contributed by atoms with E-state index in [2.05, 4.69) is 11.1 Å². The Bertz CT molecular complexity index is 988. The predicted molar refractivity (Wildman–Crippen MR) is 97.4 cm³/mol. The molecule has 0 spiro atoms. The third-order valence-electron chi connectivity index (χ3n) is 5.12. The number of hydrogen-bond acceptors (Lipinski definition) is 3. The van der Waals surface area contributed by atoms with Crippen LogP contribution in [0.5, 0.6) is 0 Å². The van der Waals surface area contributed by atoms with Crippen molar-refractivity contribution >= 4 is 17.6 Å². The predicted octanol–water partition coefficient (Wildman–Crippen LogP) is 2.59. The highest BCUT2D eigenvalue weighted by molar-refractivity contribution is 6.01. The maximum Gasteiger partial charge on any atom is 0.341 e. The number of benzene rings is 1. The summed E-state index contributed by atoms with van der Waals surface area (Å²) in [5.41, 5.74) is 2.11. The number of carboxylic acids is 1. The van der Waals surface area contributed by atoms with Crippen LogP contribution in [0.4, 0.5) is 5.69 Å². The second kappa shape index (κ2) is 5.98. The van der Waals surface area contributed by atoms with E-state index in [1.165, 1.54) is 6.07 Å². The van der Waals surface area contributed by atoms with Crippen LogP contribution in [0.2, 0.25) is 0 Å². The number of rotatable bonds is 4. The van der Waals surface area contributed by atoms with Crippen molar-refractivity contribution < 1.29 is 14.7 Å². The highest BCUT2D eigenvalue weighted by atomic mass is 16.4. The summed E-state index contributed by atoms with van der Waals surface area (Å²) >= 11 is 0. The Hall–Kier alpha value is -3.15. The van der Waals surface area contributed by atoms with Gasteiger partial charge in [-0.3, -0.25) is 9.59 Å². The number of aromatic amines is 1. The normalized spacial score (nSPS) is 20.8. The molecule has 1 saturated heterocycles. The number of nitrogens with zero attached hydrogens (tertiary/aromatic N) is 1. The van der Waals surface area contributed by atoms with Gasteiger partial charge in [0.15, 0.2) is 0 Å². The lowest BCUT2D eigenvalue weighted by molar-refractivity contribution is -0.119. The van der Waals surface area contributed by atoms with Crippen LogP contribution < -0.4 is 10.5 Å². The lowest BCUT2D eigenvalue weighted by Crippen LogP contribution is -2.34.